The zero-order chi connectivity index (χ0) is 12.4. The van der Waals surface area contributed by atoms with E-state index in [2.05, 4.69) is 66.2 Å². The third-order valence-corrected chi connectivity index (χ3v) is 4.57. The zero-order valence-electron chi connectivity index (χ0n) is 9.98. The van der Waals surface area contributed by atoms with E-state index >= 15 is 0 Å². The Balaban J connectivity index is 2.26. The SMILES string of the molecule is CC(C)C(N)c1ccc(-c2ccc(Br)cc2)s1. The van der Waals surface area contributed by atoms with E-state index in [1.807, 2.05) is 0 Å². The van der Waals surface area contributed by atoms with E-state index in [9.17, 15) is 0 Å². The first kappa shape index (κ1) is 12.8. The monoisotopic (exact) mass is 309 g/mol. The minimum absolute atomic E-state index is 0.143. The maximum atomic E-state index is 6.16. The molecule has 0 saturated carbocycles. The van der Waals surface area contributed by atoms with E-state index in [4.69, 9.17) is 5.73 Å². The summed E-state index contributed by atoms with van der Waals surface area (Å²) in [4.78, 5) is 2.54. The van der Waals surface area contributed by atoms with Gasteiger partial charge in [0.15, 0.2) is 0 Å². The average Bonchev–Trinajstić information content (AvgIpc) is 2.78. The van der Waals surface area contributed by atoms with E-state index < -0.39 is 0 Å². The van der Waals surface area contributed by atoms with Gasteiger partial charge in [-0.15, -0.1) is 11.3 Å². The molecule has 17 heavy (non-hydrogen) atoms. The molecule has 2 aromatic rings. The molecule has 0 spiro atoms. The Kier molecular flexibility index (Phi) is 4.02. The first-order valence-electron chi connectivity index (χ1n) is 5.69. The predicted octanol–water partition coefficient (Wildman–Crippen LogP) is 4.83. The molecular formula is C14H16BrNS. The second-order valence-electron chi connectivity index (χ2n) is 4.48. The van der Waals surface area contributed by atoms with Crippen LogP contribution in [0.25, 0.3) is 10.4 Å². The fourth-order valence-corrected chi connectivity index (χ4v) is 3.08. The van der Waals surface area contributed by atoms with Crippen LogP contribution in [0.4, 0.5) is 0 Å². The number of hydrogen-bond donors (Lipinski definition) is 1. The topological polar surface area (TPSA) is 26.0 Å². The molecule has 0 amide bonds. The van der Waals surface area contributed by atoms with Crippen LogP contribution in [-0.2, 0) is 0 Å². The van der Waals surface area contributed by atoms with Crippen molar-refractivity contribution in [3.05, 3.63) is 45.7 Å². The van der Waals surface area contributed by atoms with Crippen molar-refractivity contribution in [2.24, 2.45) is 11.7 Å². The van der Waals surface area contributed by atoms with Gasteiger partial charge in [-0.05, 0) is 35.7 Å². The zero-order valence-corrected chi connectivity index (χ0v) is 12.4. The number of halogens is 1. The lowest BCUT2D eigenvalue weighted by Crippen LogP contribution is -2.14. The van der Waals surface area contributed by atoms with Gasteiger partial charge in [-0.25, -0.2) is 0 Å². The van der Waals surface area contributed by atoms with E-state index in [1.54, 1.807) is 11.3 Å². The molecule has 1 nitrogen and oxygen atoms in total. The standard InChI is InChI=1S/C14H16BrNS/c1-9(2)14(16)13-8-7-12(17-13)10-3-5-11(15)6-4-10/h3-9,14H,16H2,1-2H3. The highest BCUT2D eigenvalue weighted by molar-refractivity contribution is 9.10. The van der Waals surface area contributed by atoms with Crippen molar-refractivity contribution in [2.75, 3.05) is 0 Å². The van der Waals surface area contributed by atoms with Crippen molar-refractivity contribution in [2.45, 2.75) is 19.9 Å². The van der Waals surface area contributed by atoms with Crippen molar-refractivity contribution < 1.29 is 0 Å². The van der Waals surface area contributed by atoms with Gasteiger partial charge in [0.25, 0.3) is 0 Å². The van der Waals surface area contributed by atoms with Gasteiger partial charge in [0.05, 0.1) is 0 Å². The van der Waals surface area contributed by atoms with Crippen molar-refractivity contribution in [1.29, 1.82) is 0 Å². The van der Waals surface area contributed by atoms with Gasteiger partial charge < -0.3 is 5.73 Å². The Morgan fingerprint density at radius 3 is 2.29 bits per heavy atom. The Labute approximate surface area is 115 Å². The molecule has 0 aliphatic carbocycles. The lowest BCUT2D eigenvalue weighted by atomic mass is 10.0. The molecule has 1 atom stereocenters. The molecule has 0 fully saturated rings. The van der Waals surface area contributed by atoms with Crippen LogP contribution < -0.4 is 5.73 Å². The highest BCUT2D eigenvalue weighted by atomic mass is 79.9. The van der Waals surface area contributed by atoms with Crippen LogP contribution in [0.1, 0.15) is 24.8 Å². The minimum Gasteiger partial charge on any atom is -0.323 e. The Morgan fingerprint density at radius 1 is 1.06 bits per heavy atom. The summed E-state index contributed by atoms with van der Waals surface area (Å²) in [5, 5.41) is 0. The second-order valence-corrected chi connectivity index (χ2v) is 6.51. The second kappa shape index (κ2) is 5.34. The number of nitrogens with two attached hydrogens (primary N) is 1. The van der Waals surface area contributed by atoms with Crippen LogP contribution in [0.3, 0.4) is 0 Å². The van der Waals surface area contributed by atoms with Gasteiger partial charge >= 0.3 is 0 Å². The summed E-state index contributed by atoms with van der Waals surface area (Å²) in [6.45, 7) is 4.31. The van der Waals surface area contributed by atoms with Crippen LogP contribution in [0.5, 0.6) is 0 Å². The van der Waals surface area contributed by atoms with Crippen LogP contribution >= 0.6 is 27.3 Å². The van der Waals surface area contributed by atoms with Gasteiger partial charge in [0, 0.05) is 20.3 Å². The highest BCUT2D eigenvalue weighted by Gasteiger charge is 2.13. The lowest BCUT2D eigenvalue weighted by Gasteiger charge is -2.12. The maximum Gasteiger partial charge on any atom is 0.0413 e. The molecule has 1 aromatic heterocycles. The van der Waals surface area contributed by atoms with Gasteiger partial charge in [-0.1, -0.05) is 41.9 Å². The number of benzene rings is 1. The van der Waals surface area contributed by atoms with Crippen LogP contribution in [0.2, 0.25) is 0 Å². The van der Waals surface area contributed by atoms with E-state index in [0.29, 0.717) is 5.92 Å². The fourth-order valence-electron chi connectivity index (χ4n) is 1.63. The Hall–Kier alpha value is -0.640. The van der Waals surface area contributed by atoms with Crippen LogP contribution in [-0.4, -0.2) is 0 Å². The quantitative estimate of drug-likeness (QED) is 0.863. The van der Waals surface area contributed by atoms with Crippen LogP contribution in [0, 0.1) is 5.92 Å². The molecule has 90 valence electrons. The predicted molar refractivity (Wildman–Crippen MR) is 79.2 cm³/mol. The molecule has 0 saturated heterocycles. The van der Waals surface area contributed by atoms with Crippen molar-refractivity contribution >= 4 is 27.3 Å². The molecule has 2 rings (SSSR count). The Bertz CT molecular complexity index is 487. The molecular weight excluding hydrogens is 294 g/mol. The van der Waals surface area contributed by atoms with Gasteiger partial charge in [-0.2, -0.15) is 0 Å². The van der Waals surface area contributed by atoms with E-state index in [0.717, 1.165) is 4.47 Å². The molecule has 0 aliphatic heterocycles. The Morgan fingerprint density at radius 2 is 1.71 bits per heavy atom. The molecule has 0 radical (unpaired) electrons. The summed E-state index contributed by atoms with van der Waals surface area (Å²) >= 11 is 5.24. The number of thiophene rings is 1. The summed E-state index contributed by atoms with van der Waals surface area (Å²) in [6, 6.07) is 12.8. The van der Waals surface area contributed by atoms with E-state index in [-0.39, 0.29) is 6.04 Å². The van der Waals surface area contributed by atoms with Gasteiger partial charge in [0.1, 0.15) is 0 Å². The molecule has 1 aromatic carbocycles. The normalized spacial score (nSPS) is 13.0. The summed E-state index contributed by atoms with van der Waals surface area (Å²) in [7, 11) is 0. The number of rotatable bonds is 3. The largest absolute Gasteiger partial charge is 0.323 e. The molecule has 0 bridgehead atoms. The maximum absolute atomic E-state index is 6.16. The molecule has 1 heterocycles. The van der Waals surface area contributed by atoms with Crippen molar-refractivity contribution in [1.82, 2.24) is 0 Å². The molecule has 0 aliphatic rings. The summed E-state index contributed by atoms with van der Waals surface area (Å²) in [6.07, 6.45) is 0. The third-order valence-electron chi connectivity index (χ3n) is 2.80. The summed E-state index contributed by atoms with van der Waals surface area (Å²) in [5.41, 5.74) is 7.41. The third kappa shape index (κ3) is 2.97. The smallest absolute Gasteiger partial charge is 0.0413 e. The summed E-state index contributed by atoms with van der Waals surface area (Å²) < 4.78 is 1.11. The molecule has 3 heteroatoms. The van der Waals surface area contributed by atoms with Crippen molar-refractivity contribution in [3.63, 3.8) is 0 Å². The first-order valence-corrected chi connectivity index (χ1v) is 7.30. The number of hydrogen-bond acceptors (Lipinski definition) is 2. The first-order chi connectivity index (χ1) is 8.08. The van der Waals surface area contributed by atoms with Crippen LogP contribution in [0.15, 0.2) is 40.9 Å². The molecule has 1 unspecified atom stereocenters. The van der Waals surface area contributed by atoms with Crippen molar-refractivity contribution in [3.8, 4) is 10.4 Å². The summed E-state index contributed by atoms with van der Waals surface area (Å²) in [5.74, 6) is 0.478. The molecule has 2 N–H and O–H groups in total. The highest BCUT2D eigenvalue weighted by Crippen LogP contribution is 2.33. The average molecular weight is 310 g/mol. The van der Waals surface area contributed by atoms with Gasteiger partial charge in [-0.3, -0.25) is 0 Å². The minimum atomic E-state index is 0.143. The van der Waals surface area contributed by atoms with Gasteiger partial charge in [0.2, 0.25) is 0 Å². The van der Waals surface area contributed by atoms with E-state index in [1.165, 1.54) is 15.3 Å². The lowest BCUT2D eigenvalue weighted by molar-refractivity contribution is 0.521. The fraction of sp³-hybridized carbons (Fsp3) is 0.286.